The molecule has 1 rings (SSSR count). The number of carboxylic acids is 1. The molecule has 0 fully saturated rings. The first-order valence-corrected chi connectivity index (χ1v) is 7.01. The van der Waals surface area contributed by atoms with E-state index < -0.39 is 17.9 Å². The summed E-state index contributed by atoms with van der Waals surface area (Å²) in [5, 5.41) is 11.4. The van der Waals surface area contributed by atoms with Crippen molar-refractivity contribution in [1.29, 1.82) is 0 Å². The highest BCUT2D eigenvalue weighted by atomic mass is 79.9. The van der Waals surface area contributed by atoms with Crippen molar-refractivity contribution in [2.24, 2.45) is 5.92 Å². The topological polar surface area (TPSA) is 75.6 Å². The molecule has 0 spiro atoms. The number of carbonyl (C=O) groups excluding carboxylic acids is 1. The van der Waals surface area contributed by atoms with Crippen LogP contribution < -0.4 is 10.1 Å². The van der Waals surface area contributed by atoms with Crippen molar-refractivity contribution < 1.29 is 19.4 Å². The first-order valence-electron chi connectivity index (χ1n) is 6.22. The highest BCUT2D eigenvalue weighted by Crippen LogP contribution is 2.25. The van der Waals surface area contributed by atoms with Crippen molar-refractivity contribution in [2.45, 2.75) is 26.8 Å². The second kappa shape index (κ2) is 7.28. The molecule has 0 bridgehead atoms. The average molecular weight is 344 g/mol. The molecule has 0 radical (unpaired) electrons. The minimum absolute atomic E-state index is 0.192. The molecule has 1 aromatic carbocycles. The number of hydrogen-bond donors (Lipinski definition) is 2. The Labute approximate surface area is 126 Å². The molecule has 0 heterocycles. The van der Waals surface area contributed by atoms with Crippen molar-refractivity contribution in [3.05, 3.63) is 28.2 Å². The third-order valence-corrected chi connectivity index (χ3v) is 3.32. The zero-order valence-corrected chi connectivity index (χ0v) is 13.2. The Hall–Kier alpha value is -1.56. The predicted octanol–water partition coefficient (Wildman–Crippen LogP) is 2.36. The van der Waals surface area contributed by atoms with Gasteiger partial charge in [-0.05, 0) is 46.5 Å². The quantitative estimate of drug-likeness (QED) is 0.831. The van der Waals surface area contributed by atoms with E-state index in [2.05, 4.69) is 21.2 Å². The summed E-state index contributed by atoms with van der Waals surface area (Å²) in [6.45, 7) is 5.19. The largest absolute Gasteiger partial charge is 0.483 e. The lowest BCUT2D eigenvalue weighted by Gasteiger charge is -2.18. The molecule has 1 amide bonds. The number of benzene rings is 1. The van der Waals surface area contributed by atoms with Crippen LogP contribution in [-0.2, 0) is 9.59 Å². The lowest BCUT2D eigenvalue weighted by atomic mass is 10.1. The number of amides is 1. The average Bonchev–Trinajstić information content (AvgIpc) is 2.34. The van der Waals surface area contributed by atoms with E-state index in [0.29, 0.717) is 5.75 Å². The van der Waals surface area contributed by atoms with Crippen LogP contribution in [0.4, 0.5) is 0 Å². The molecule has 0 aliphatic carbocycles. The van der Waals surface area contributed by atoms with Gasteiger partial charge < -0.3 is 15.2 Å². The third kappa shape index (κ3) is 4.85. The van der Waals surface area contributed by atoms with Gasteiger partial charge in [-0.25, -0.2) is 4.79 Å². The highest BCUT2D eigenvalue weighted by molar-refractivity contribution is 9.10. The molecule has 6 heteroatoms. The smallest absolute Gasteiger partial charge is 0.326 e. The highest BCUT2D eigenvalue weighted by Gasteiger charge is 2.23. The summed E-state index contributed by atoms with van der Waals surface area (Å²) in [4.78, 5) is 22.7. The minimum Gasteiger partial charge on any atom is -0.483 e. The molecule has 2 N–H and O–H groups in total. The molecule has 0 aliphatic heterocycles. The van der Waals surface area contributed by atoms with E-state index in [4.69, 9.17) is 9.84 Å². The van der Waals surface area contributed by atoms with Gasteiger partial charge in [0.05, 0.1) is 4.47 Å². The van der Waals surface area contributed by atoms with Gasteiger partial charge in [-0.15, -0.1) is 0 Å². The number of aryl methyl sites for hydroxylation is 1. The second-order valence-electron chi connectivity index (χ2n) is 4.85. The fourth-order valence-corrected chi connectivity index (χ4v) is 2.20. The van der Waals surface area contributed by atoms with Crippen LogP contribution in [0.5, 0.6) is 5.75 Å². The zero-order valence-electron chi connectivity index (χ0n) is 11.6. The molecule has 0 saturated heterocycles. The monoisotopic (exact) mass is 343 g/mol. The molecule has 1 aromatic rings. The van der Waals surface area contributed by atoms with E-state index in [9.17, 15) is 9.59 Å². The van der Waals surface area contributed by atoms with Gasteiger partial charge in [0.2, 0.25) is 0 Å². The molecule has 0 saturated carbocycles. The Kier molecular flexibility index (Phi) is 6.01. The standard InChI is InChI=1S/C14H18BrNO4/c1-8(2)13(14(18)19)16-12(17)7-20-11-5-4-9(3)6-10(11)15/h4-6,8,13H,7H2,1-3H3,(H,16,17)(H,18,19)/t13-/m1/s1. The summed E-state index contributed by atoms with van der Waals surface area (Å²) in [6, 6.07) is 4.59. The Morgan fingerprint density at radius 2 is 2.05 bits per heavy atom. The molecule has 20 heavy (non-hydrogen) atoms. The maximum atomic E-state index is 11.7. The number of carboxylic acid groups (broad SMARTS) is 1. The van der Waals surface area contributed by atoms with Gasteiger partial charge in [0.15, 0.2) is 6.61 Å². The zero-order chi connectivity index (χ0) is 15.3. The van der Waals surface area contributed by atoms with Crippen molar-refractivity contribution >= 4 is 27.8 Å². The minimum atomic E-state index is -1.05. The van der Waals surface area contributed by atoms with Crippen molar-refractivity contribution in [2.75, 3.05) is 6.61 Å². The molecular formula is C14H18BrNO4. The summed E-state index contributed by atoms with van der Waals surface area (Å²) in [7, 11) is 0. The third-order valence-electron chi connectivity index (χ3n) is 2.70. The van der Waals surface area contributed by atoms with Crippen LogP contribution in [0.2, 0.25) is 0 Å². The maximum absolute atomic E-state index is 11.7. The number of carbonyl (C=O) groups is 2. The van der Waals surface area contributed by atoms with E-state index in [-0.39, 0.29) is 12.5 Å². The first-order chi connectivity index (χ1) is 9.31. The normalized spacial score (nSPS) is 12.1. The van der Waals surface area contributed by atoms with Crippen LogP contribution >= 0.6 is 15.9 Å². The van der Waals surface area contributed by atoms with Gasteiger partial charge in [-0.2, -0.15) is 0 Å². The number of ether oxygens (including phenoxy) is 1. The van der Waals surface area contributed by atoms with Crippen LogP contribution in [-0.4, -0.2) is 29.6 Å². The van der Waals surface area contributed by atoms with Gasteiger partial charge >= 0.3 is 5.97 Å². The Morgan fingerprint density at radius 3 is 2.55 bits per heavy atom. The number of aliphatic carboxylic acids is 1. The molecule has 0 aliphatic rings. The predicted molar refractivity (Wildman–Crippen MR) is 78.8 cm³/mol. The fraction of sp³-hybridized carbons (Fsp3) is 0.429. The molecule has 0 aromatic heterocycles. The summed E-state index contributed by atoms with van der Waals surface area (Å²) < 4.78 is 6.12. The van der Waals surface area contributed by atoms with E-state index in [1.807, 2.05) is 19.1 Å². The molecule has 0 unspecified atom stereocenters. The van der Waals surface area contributed by atoms with E-state index in [0.717, 1.165) is 10.0 Å². The van der Waals surface area contributed by atoms with Gasteiger partial charge in [0, 0.05) is 0 Å². The van der Waals surface area contributed by atoms with Gasteiger partial charge in [-0.1, -0.05) is 19.9 Å². The lowest BCUT2D eigenvalue weighted by Crippen LogP contribution is -2.46. The van der Waals surface area contributed by atoms with Gasteiger partial charge in [0.25, 0.3) is 5.91 Å². The van der Waals surface area contributed by atoms with Crippen LogP contribution in [0.15, 0.2) is 22.7 Å². The second-order valence-corrected chi connectivity index (χ2v) is 5.70. The molecule has 110 valence electrons. The SMILES string of the molecule is Cc1ccc(OCC(=O)N[C@@H](C(=O)O)C(C)C)c(Br)c1. The number of hydrogen-bond acceptors (Lipinski definition) is 3. The van der Waals surface area contributed by atoms with E-state index in [1.165, 1.54) is 0 Å². The van der Waals surface area contributed by atoms with Crippen molar-refractivity contribution in [3.8, 4) is 5.75 Å². The van der Waals surface area contributed by atoms with Crippen LogP contribution in [0.1, 0.15) is 19.4 Å². The van der Waals surface area contributed by atoms with Crippen molar-refractivity contribution in [1.82, 2.24) is 5.32 Å². The number of halogens is 1. The number of rotatable bonds is 6. The maximum Gasteiger partial charge on any atom is 0.326 e. The lowest BCUT2D eigenvalue weighted by molar-refractivity contribution is -0.143. The fourth-order valence-electron chi connectivity index (χ4n) is 1.59. The Morgan fingerprint density at radius 1 is 1.40 bits per heavy atom. The Bertz CT molecular complexity index is 502. The van der Waals surface area contributed by atoms with Crippen LogP contribution in [0, 0.1) is 12.8 Å². The summed E-state index contributed by atoms with van der Waals surface area (Å²) in [5.41, 5.74) is 1.07. The van der Waals surface area contributed by atoms with Gasteiger partial charge in [0.1, 0.15) is 11.8 Å². The van der Waals surface area contributed by atoms with E-state index >= 15 is 0 Å². The van der Waals surface area contributed by atoms with Crippen LogP contribution in [0.3, 0.4) is 0 Å². The molecule has 5 nitrogen and oxygen atoms in total. The molecular weight excluding hydrogens is 326 g/mol. The summed E-state index contributed by atoms with van der Waals surface area (Å²) in [6.07, 6.45) is 0. The van der Waals surface area contributed by atoms with Gasteiger partial charge in [-0.3, -0.25) is 4.79 Å². The number of nitrogens with one attached hydrogen (secondary N) is 1. The molecule has 1 atom stereocenters. The van der Waals surface area contributed by atoms with E-state index in [1.54, 1.807) is 19.9 Å². The Balaban J connectivity index is 2.57. The van der Waals surface area contributed by atoms with Crippen molar-refractivity contribution in [3.63, 3.8) is 0 Å². The first kappa shape index (κ1) is 16.5. The summed E-state index contributed by atoms with van der Waals surface area (Å²) >= 11 is 3.34. The summed E-state index contributed by atoms with van der Waals surface area (Å²) in [5.74, 6) is -1.16. The van der Waals surface area contributed by atoms with Crippen LogP contribution in [0.25, 0.3) is 0 Å².